The maximum absolute atomic E-state index is 11.9. The number of hydrogen-bond donors (Lipinski definition) is 2. The second-order valence-corrected chi connectivity index (χ2v) is 5.17. The number of carbonyl (C=O) groups excluding carboxylic acids is 1. The summed E-state index contributed by atoms with van der Waals surface area (Å²) in [5.41, 5.74) is 6.12. The quantitative estimate of drug-likeness (QED) is 0.893. The summed E-state index contributed by atoms with van der Waals surface area (Å²) in [6.07, 6.45) is 5.63. The maximum Gasteiger partial charge on any atom is 0.255 e. The van der Waals surface area contributed by atoms with Gasteiger partial charge in [0.05, 0.1) is 17.4 Å². The smallest absolute Gasteiger partial charge is 0.255 e. The van der Waals surface area contributed by atoms with Crippen LogP contribution in [-0.4, -0.2) is 16.0 Å². The van der Waals surface area contributed by atoms with Crippen LogP contribution in [0, 0.1) is 0 Å². The number of amides is 1. The summed E-state index contributed by atoms with van der Waals surface area (Å²) >= 11 is 0. The molecule has 1 atom stereocenters. The van der Waals surface area contributed by atoms with Crippen LogP contribution in [0.25, 0.3) is 0 Å². The largest absolute Gasteiger partial charge is 0.472 e. The van der Waals surface area contributed by atoms with E-state index in [1.165, 1.54) is 12.5 Å². The van der Waals surface area contributed by atoms with Crippen molar-refractivity contribution in [3.63, 3.8) is 0 Å². The number of carbonyl (C=O) groups is 1. The van der Waals surface area contributed by atoms with Crippen molar-refractivity contribution >= 4 is 18.3 Å². The van der Waals surface area contributed by atoms with Crippen LogP contribution in [0.4, 0.5) is 0 Å². The number of aromatic nitrogens is 2. The third-order valence-corrected chi connectivity index (χ3v) is 3.63. The molecule has 8 heteroatoms. The van der Waals surface area contributed by atoms with Crippen molar-refractivity contribution in [2.24, 2.45) is 5.73 Å². The Balaban J connectivity index is 0.00000161. The molecule has 0 aliphatic heterocycles. The van der Waals surface area contributed by atoms with Crippen molar-refractivity contribution in [2.45, 2.75) is 37.8 Å². The summed E-state index contributed by atoms with van der Waals surface area (Å²) in [6, 6.07) is 1.20. The molecule has 1 aliphatic carbocycles. The van der Waals surface area contributed by atoms with E-state index in [0.717, 1.165) is 19.3 Å². The molecule has 1 fully saturated rings. The minimum Gasteiger partial charge on any atom is -0.472 e. The Labute approximate surface area is 127 Å². The first kappa shape index (κ1) is 15.5. The van der Waals surface area contributed by atoms with Gasteiger partial charge in [-0.05, 0) is 32.3 Å². The molecule has 3 N–H and O–H groups in total. The van der Waals surface area contributed by atoms with Crippen LogP contribution >= 0.6 is 12.4 Å². The summed E-state index contributed by atoms with van der Waals surface area (Å²) in [7, 11) is 0. The molecule has 21 heavy (non-hydrogen) atoms. The van der Waals surface area contributed by atoms with Crippen molar-refractivity contribution in [2.75, 3.05) is 0 Å². The number of furan rings is 1. The van der Waals surface area contributed by atoms with E-state index in [1.54, 1.807) is 13.0 Å². The molecule has 2 aromatic heterocycles. The standard InChI is InChI=1S/C13H16N4O3.ClH/c1-8(15-10(18)9-3-6-19-7-9)11-16-12(17-20-11)13(14)4-2-5-13;/h3,6-8H,2,4-5,14H2,1H3,(H,15,18);1H. The zero-order valence-corrected chi connectivity index (χ0v) is 12.4. The Bertz CT molecular complexity index is 607. The van der Waals surface area contributed by atoms with Gasteiger partial charge in [-0.1, -0.05) is 5.16 Å². The highest BCUT2D eigenvalue weighted by molar-refractivity contribution is 5.93. The second kappa shape index (κ2) is 5.87. The molecular weight excluding hydrogens is 296 g/mol. The van der Waals surface area contributed by atoms with Gasteiger partial charge in [0.25, 0.3) is 5.91 Å². The molecule has 0 radical (unpaired) electrons. The third-order valence-electron chi connectivity index (χ3n) is 3.63. The molecule has 0 spiro atoms. The van der Waals surface area contributed by atoms with Crippen LogP contribution in [0.1, 0.15) is 54.3 Å². The molecule has 7 nitrogen and oxygen atoms in total. The highest BCUT2D eigenvalue weighted by Crippen LogP contribution is 2.37. The Morgan fingerprint density at radius 3 is 2.86 bits per heavy atom. The van der Waals surface area contributed by atoms with E-state index >= 15 is 0 Å². The molecule has 0 saturated heterocycles. The van der Waals surface area contributed by atoms with E-state index in [0.29, 0.717) is 17.3 Å². The number of nitrogens with one attached hydrogen (secondary N) is 1. The Hall–Kier alpha value is -1.86. The van der Waals surface area contributed by atoms with Crippen LogP contribution in [-0.2, 0) is 5.54 Å². The fraction of sp³-hybridized carbons (Fsp3) is 0.462. The molecule has 2 heterocycles. The number of halogens is 1. The monoisotopic (exact) mass is 312 g/mol. The predicted molar refractivity (Wildman–Crippen MR) is 75.9 cm³/mol. The topological polar surface area (TPSA) is 107 Å². The van der Waals surface area contributed by atoms with Crippen molar-refractivity contribution < 1.29 is 13.7 Å². The Morgan fingerprint density at radius 1 is 1.52 bits per heavy atom. The van der Waals surface area contributed by atoms with Crippen molar-refractivity contribution in [3.05, 3.63) is 35.9 Å². The van der Waals surface area contributed by atoms with Gasteiger partial charge in [-0.3, -0.25) is 4.79 Å². The summed E-state index contributed by atoms with van der Waals surface area (Å²) in [5.74, 6) is 0.619. The number of nitrogens with zero attached hydrogens (tertiary/aromatic N) is 2. The van der Waals surface area contributed by atoms with E-state index in [-0.39, 0.29) is 24.4 Å². The van der Waals surface area contributed by atoms with Gasteiger partial charge in [-0.2, -0.15) is 4.98 Å². The Kier molecular flexibility index (Phi) is 4.34. The summed E-state index contributed by atoms with van der Waals surface area (Å²) in [6.45, 7) is 1.78. The average Bonchev–Trinajstić information content (AvgIpc) is 3.06. The third kappa shape index (κ3) is 2.93. The van der Waals surface area contributed by atoms with Crippen molar-refractivity contribution in [1.29, 1.82) is 0 Å². The molecule has 0 bridgehead atoms. The maximum atomic E-state index is 11.9. The van der Waals surface area contributed by atoms with E-state index in [9.17, 15) is 4.79 Å². The fourth-order valence-corrected chi connectivity index (χ4v) is 2.13. The highest BCUT2D eigenvalue weighted by atomic mass is 35.5. The van der Waals surface area contributed by atoms with E-state index in [1.807, 2.05) is 0 Å². The lowest BCUT2D eigenvalue weighted by Gasteiger charge is -2.34. The minimum atomic E-state index is -0.462. The Morgan fingerprint density at radius 2 is 2.29 bits per heavy atom. The molecule has 3 rings (SSSR count). The first-order valence-electron chi connectivity index (χ1n) is 6.54. The molecule has 1 saturated carbocycles. The van der Waals surface area contributed by atoms with Gasteiger partial charge < -0.3 is 20.0 Å². The molecule has 1 unspecified atom stereocenters. The zero-order chi connectivity index (χ0) is 14.2. The highest BCUT2D eigenvalue weighted by Gasteiger charge is 2.39. The number of hydrogen-bond acceptors (Lipinski definition) is 6. The lowest BCUT2D eigenvalue weighted by atomic mass is 9.77. The van der Waals surface area contributed by atoms with Gasteiger partial charge in [0, 0.05) is 0 Å². The molecule has 0 aromatic carbocycles. The minimum absolute atomic E-state index is 0. The summed E-state index contributed by atoms with van der Waals surface area (Å²) in [4.78, 5) is 16.2. The van der Waals surface area contributed by atoms with Gasteiger partial charge in [0.2, 0.25) is 5.89 Å². The van der Waals surface area contributed by atoms with Gasteiger partial charge >= 0.3 is 0 Å². The lowest BCUT2D eigenvalue weighted by molar-refractivity contribution is 0.0932. The van der Waals surface area contributed by atoms with E-state index in [2.05, 4.69) is 15.5 Å². The van der Waals surface area contributed by atoms with Crippen LogP contribution in [0.2, 0.25) is 0 Å². The predicted octanol–water partition coefficient (Wildman–Crippen LogP) is 1.91. The van der Waals surface area contributed by atoms with Crippen LogP contribution in [0.3, 0.4) is 0 Å². The summed E-state index contributed by atoms with van der Waals surface area (Å²) in [5, 5.41) is 6.68. The first-order valence-corrected chi connectivity index (χ1v) is 6.54. The lowest BCUT2D eigenvalue weighted by Crippen LogP contribution is -2.44. The molecule has 1 aliphatic rings. The molecule has 114 valence electrons. The van der Waals surface area contributed by atoms with E-state index in [4.69, 9.17) is 14.7 Å². The average molecular weight is 313 g/mol. The molecule has 1 amide bonds. The van der Waals surface area contributed by atoms with E-state index < -0.39 is 5.54 Å². The zero-order valence-electron chi connectivity index (χ0n) is 11.5. The second-order valence-electron chi connectivity index (χ2n) is 5.17. The van der Waals surface area contributed by atoms with Crippen molar-refractivity contribution in [1.82, 2.24) is 15.5 Å². The van der Waals surface area contributed by atoms with Gasteiger partial charge in [0.1, 0.15) is 12.3 Å². The van der Waals surface area contributed by atoms with Crippen molar-refractivity contribution in [3.8, 4) is 0 Å². The van der Waals surface area contributed by atoms with Crippen LogP contribution in [0.15, 0.2) is 27.5 Å². The normalized spacial score (nSPS) is 17.4. The first-order chi connectivity index (χ1) is 9.58. The number of nitrogens with two attached hydrogens (primary N) is 1. The fourth-order valence-electron chi connectivity index (χ4n) is 2.13. The SMILES string of the molecule is CC(NC(=O)c1ccoc1)c1nc(C2(N)CCC2)no1.Cl. The summed E-state index contributed by atoms with van der Waals surface area (Å²) < 4.78 is 10.1. The van der Waals surface area contributed by atoms with Gasteiger partial charge in [-0.15, -0.1) is 12.4 Å². The number of rotatable bonds is 4. The van der Waals surface area contributed by atoms with Gasteiger partial charge in [-0.25, -0.2) is 0 Å². The molecular formula is C13H17ClN4O3. The van der Waals surface area contributed by atoms with Crippen LogP contribution in [0.5, 0.6) is 0 Å². The van der Waals surface area contributed by atoms with Crippen LogP contribution < -0.4 is 11.1 Å². The van der Waals surface area contributed by atoms with Gasteiger partial charge in [0.15, 0.2) is 5.82 Å². The molecule has 2 aromatic rings.